The van der Waals surface area contributed by atoms with Crippen molar-refractivity contribution in [3.05, 3.63) is 40.5 Å². The molecule has 0 bridgehead atoms. The summed E-state index contributed by atoms with van der Waals surface area (Å²) in [6.45, 7) is -4.62. The summed E-state index contributed by atoms with van der Waals surface area (Å²) in [5.41, 5.74) is 2.95. The van der Waals surface area contributed by atoms with Crippen LogP contribution in [-0.2, 0) is 11.2 Å². The third kappa shape index (κ3) is 5.25. The SMILES string of the molecule is FC(F)Oc1cc(OC(F)F)nc(N2CCc3c([nH]c4ccc(Cl)cc34)[C@@H]2C[C@@H]2CCCOC2)n1. The molecule has 0 amide bonds. The fourth-order valence-electron chi connectivity index (χ4n) is 4.96. The Kier molecular flexibility index (Phi) is 6.88. The molecule has 0 aliphatic carbocycles. The van der Waals surface area contributed by atoms with Crippen LogP contribution in [0.25, 0.3) is 10.9 Å². The number of aromatic amines is 1. The Morgan fingerprint density at radius 1 is 1.11 bits per heavy atom. The van der Waals surface area contributed by atoms with Crippen LogP contribution in [0.15, 0.2) is 24.3 Å². The first-order valence-electron chi connectivity index (χ1n) is 11.3. The first-order valence-corrected chi connectivity index (χ1v) is 11.7. The normalized spacial score (nSPS) is 20.5. The van der Waals surface area contributed by atoms with Gasteiger partial charge in [0.05, 0.1) is 12.1 Å². The van der Waals surface area contributed by atoms with Gasteiger partial charge in [-0.25, -0.2) is 0 Å². The minimum Gasteiger partial charge on any atom is -0.417 e. The van der Waals surface area contributed by atoms with Crippen molar-refractivity contribution in [2.75, 3.05) is 24.7 Å². The van der Waals surface area contributed by atoms with E-state index in [4.69, 9.17) is 16.3 Å². The molecule has 1 fully saturated rings. The minimum atomic E-state index is -3.18. The molecule has 2 aliphatic heterocycles. The minimum absolute atomic E-state index is 0.0251. The molecule has 35 heavy (non-hydrogen) atoms. The number of benzene rings is 1. The Labute approximate surface area is 203 Å². The topological polar surface area (TPSA) is 72.5 Å². The lowest BCUT2D eigenvalue weighted by molar-refractivity contribution is -0.0580. The van der Waals surface area contributed by atoms with Gasteiger partial charge in [0, 0.05) is 41.4 Å². The number of ether oxygens (including phenoxy) is 3. The van der Waals surface area contributed by atoms with Crippen LogP contribution in [0.2, 0.25) is 5.02 Å². The number of fused-ring (bicyclic) bond motifs is 3. The highest BCUT2D eigenvalue weighted by molar-refractivity contribution is 6.31. The molecule has 12 heteroatoms. The van der Waals surface area contributed by atoms with E-state index in [-0.39, 0.29) is 17.9 Å². The van der Waals surface area contributed by atoms with Crippen LogP contribution in [0.3, 0.4) is 0 Å². The number of anilines is 1. The van der Waals surface area contributed by atoms with Gasteiger partial charge in [0.1, 0.15) is 0 Å². The zero-order valence-corrected chi connectivity index (χ0v) is 19.3. The molecule has 2 atom stereocenters. The molecule has 0 unspecified atom stereocenters. The van der Waals surface area contributed by atoms with E-state index in [1.165, 1.54) is 0 Å². The Balaban J connectivity index is 1.57. The molecule has 188 valence electrons. The van der Waals surface area contributed by atoms with Gasteiger partial charge in [-0.3, -0.25) is 0 Å². The number of halogens is 5. The molecule has 0 spiro atoms. The van der Waals surface area contributed by atoms with Gasteiger partial charge < -0.3 is 24.1 Å². The molecular weight excluding hydrogens is 492 g/mol. The van der Waals surface area contributed by atoms with E-state index in [2.05, 4.69) is 24.4 Å². The van der Waals surface area contributed by atoms with Crippen molar-refractivity contribution >= 4 is 28.5 Å². The highest BCUT2D eigenvalue weighted by atomic mass is 35.5. The molecule has 1 aromatic carbocycles. The average molecular weight is 515 g/mol. The van der Waals surface area contributed by atoms with Crippen LogP contribution in [-0.4, -0.2) is 47.9 Å². The fraction of sp³-hybridized carbons (Fsp3) is 0.478. The number of nitrogens with one attached hydrogen (secondary N) is 1. The van der Waals surface area contributed by atoms with Crippen molar-refractivity contribution < 1.29 is 31.8 Å². The van der Waals surface area contributed by atoms with Crippen LogP contribution in [0, 0.1) is 5.92 Å². The van der Waals surface area contributed by atoms with Gasteiger partial charge >= 0.3 is 13.2 Å². The molecule has 1 N–H and O–H groups in total. The summed E-state index contributed by atoms with van der Waals surface area (Å²) in [5.74, 6) is -0.874. The van der Waals surface area contributed by atoms with E-state index in [0.717, 1.165) is 41.1 Å². The Morgan fingerprint density at radius 3 is 2.51 bits per heavy atom. The maximum atomic E-state index is 12.9. The second kappa shape index (κ2) is 10.1. The predicted molar refractivity (Wildman–Crippen MR) is 121 cm³/mol. The summed E-state index contributed by atoms with van der Waals surface area (Å²) in [6.07, 6.45) is 3.16. The molecule has 1 saturated heterocycles. The van der Waals surface area contributed by atoms with Crippen molar-refractivity contribution in [1.82, 2.24) is 15.0 Å². The smallest absolute Gasteiger partial charge is 0.388 e. The molecule has 0 radical (unpaired) electrons. The predicted octanol–water partition coefficient (Wildman–Crippen LogP) is 5.73. The molecular formula is C23H23ClF4N4O3. The van der Waals surface area contributed by atoms with E-state index >= 15 is 0 Å². The van der Waals surface area contributed by atoms with Gasteiger partial charge in [-0.15, -0.1) is 0 Å². The fourth-order valence-corrected chi connectivity index (χ4v) is 5.13. The summed E-state index contributed by atoms with van der Waals surface area (Å²) in [4.78, 5) is 13.5. The second-order valence-electron chi connectivity index (χ2n) is 8.59. The van der Waals surface area contributed by atoms with Crippen LogP contribution in [0.4, 0.5) is 23.5 Å². The summed E-state index contributed by atoms with van der Waals surface area (Å²) >= 11 is 6.24. The van der Waals surface area contributed by atoms with E-state index in [1.807, 2.05) is 17.0 Å². The summed E-state index contributed by atoms with van der Waals surface area (Å²) < 4.78 is 66.1. The summed E-state index contributed by atoms with van der Waals surface area (Å²) in [6, 6.07) is 6.16. The number of alkyl halides is 4. The maximum absolute atomic E-state index is 12.9. The zero-order chi connectivity index (χ0) is 24.5. The number of H-pyrrole nitrogens is 1. The van der Waals surface area contributed by atoms with Crippen molar-refractivity contribution in [3.63, 3.8) is 0 Å². The van der Waals surface area contributed by atoms with Gasteiger partial charge in [0.2, 0.25) is 17.7 Å². The molecule has 3 aromatic rings. The number of hydrogen-bond acceptors (Lipinski definition) is 6. The van der Waals surface area contributed by atoms with Gasteiger partial charge in [0.25, 0.3) is 0 Å². The monoisotopic (exact) mass is 514 g/mol. The van der Waals surface area contributed by atoms with E-state index in [1.54, 1.807) is 6.07 Å². The van der Waals surface area contributed by atoms with Crippen LogP contribution in [0.5, 0.6) is 11.8 Å². The van der Waals surface area contributed by atoms with E-state index in [0.29, 0.717) is 37.6 Å². The lowest BCUT2D eigenvalue weighted by atomic mass is 9.88. The van der Waals surface area contributed by atoms with Crippen LogP contribution in [0.1, 0.15) is 36.6 Å². The lowest BCUT2D eigenvalue weighted by Gasteiger charge is -2.38. The van der Waals surface area contributed by atoms with Gasteiger partial charge in [-0.1, -0.05) is 11.6 Å². The number of aromatic nitrogens is 3. The third-order valence-electron chi connectivity index (χ3n) is 6.37. The van der Waals surface area contributed by atoms with Crippen LogP contribution >= 0.6 is 11.6 Å². The van der Waals surface area contributed by atoms with Crippen molar-refractivity contribution in [2.45, 2.75) is 44.9 Å². The van der Waals surface area contributed by atoms with Crippen LogP contribution < -0.4 is 14.4 Å². The third-order valence-corrected chi connectivity index (χ3v) is 6.60. The van der Waals surface area contributed by atoms with Crippen molar-refractivity contribution in [1.29, 1.82) is 0 Å². The summed E-state index contributed by atoms with van der Waals surface area (Å²) in [7, 11) is 0. The number of rotatable bonds is 7. The lowest BCUT2D eigenvalue weighted by Crippen LogP contribution is -2.38. The second-order valence-corrected chi connectivity index (χ2v) is 9.02. The highest BCUT2D eigenvalue weighted by Crippen LogP contribution is 2.41. The van der Waals surface area contributed by atoms with Gasteiger partial charge in [0.15, 0.2) is 0 Å². The molecule has 2 aliphatic rings. The molecule has 0 saturated carbocycles. The Morgan fingerprint density at radius 2 is 1.86 bits per heavy atom. The number of hydrogen-bond donors (Lipinski definition) is 1. The summed E-state index contributed by atoms with van der Waals surface area (Å²) in [5, 5.41) is 1.63. The molecule has 2 aromatic heterocycles. The van der Waals surface area contributed by atoms with E-state index < -0.39 is 25.0 Å². The largest absolute Gasteiger partial charge is 0.417 e. The standard InChI is InChI=1S/C23H23ClF4N4O3/c24-13-3-4-16-15(9-13)14-5-6-32(17(20(14)29-16)8-12-2-1-7-33-11-12)23-30-18(34-21(25)26)10-19(31-23)35-22(27)28/h3-4,9-10,12,17,21-22,29H,1-2,5-8,11H2/t12-,17-/m0/s1. The zero-order valence-electron chi connectivity index (χ0n) is 18.5. The maximum Gasteiger partial charge on any atom is 0.388 e. The number of nitrogens with zero attached hydrogens (tertiary/aromatic N) is 3. The van der Waals surface area contributed by atoms with Crippen molar-refractivity contribution in [3.8, 4) is 11.8 Å². The van der Waals surface area contributed by atoms with Crippen molar-refractivity contribution in [2.24, 2.45) is 5.92 Å². The van der Waals surface area contributed by atoms with E-state index in [9.17, 15) is 17.6 Å². The molecule has 5 rings (SSSR count). The first-order chi connectivity index (χ1) is 16.9. The quantitative estimate of drug-likeness (QED) is 0.406. The van der Waals surface area contributed by atoms with Gasteiger partial charge in [-0.2, -0.15) is 27.5 Å². The molecule has 4 heterocycles. The molecule has 7 nitrogen and oxygen atoms in total. The van der Waals surface area contributed by atoms with Gasteiger partial charge in [-0.05, 0) is 55.4 Å². The first kappa shape index (κ1) is 23.9. The Bertz CT molecular complexity index is 1160. The average Bonchev–Trinajstić information content (AvgIpc) is 3.17. The Hall–Kier alpha value is -2.79. The highest BCUT2D eigenvalue weighted by Gasteiger charge is 2.35.